The van der Waals surface area contributed by atoms with Gasteiger partial charge in [-0.3, -0.25) is 9.59 Å². The maximum absolute atomic E-state index is 12.8. The third-order valence-corrected chi connectivity index (χ3v) is 6.20. The van der Waals surface area contributed by atoms with Gasteiger partial charge in [-0.15, -0.1) is 11.3 Å². The average Bonchev–Trinajstić information content (AvgIpc) is 3.52. The second kappa shape index (κ2) is 8.85. The summed E-state index contributed by atoms with van der Waals surface area (Å²) in [4.78, 5) is 33.9. The summed E-state index contributed by atoms with van der Waals surface area (Å²) in [5.74, 6) is 0.660. The molecule has 9 heteroatoms. The van der Waals surface area contributed by atoms with Crippen LogP contribution < -0.4 is 4.80 Å². The summed E-state index contributed by atoms with van der Waals surface area (Å²) in [6.07, 6.45) is 1.44. The van der Waals surface area contributed by atoms with Crippen molar-refractivity contribution < 1.29 is 18.4 Å². The van der Waals surface area contributed by atoms with Gasteiger partial charge in [0.15, 0.2) is 16.3 Å². The number of likely N-dealkylation sites (N-methyl/N-ethyl adjacent to an activating group) is 1. The first-order chi connectivity index (χ1) is 14.5. The van der Waals surface area contributed by atoms with E-state index in [0.717, 1.165) is 25.3 Å². The van der Waals surface area contributed by atoms with Crippen molar-refractivity contribution >= 4 is 23.2 Å². The van der Waals surface area contributed by atoms with Crippen LogP contribution in [0.1, 0.15) is 39.5 Å². The number of nitrogens with zero attached hydrogens (tertiary/aromatic N) is 4. The number of furan rings is 2. The first-order valence-electron chi connectivity index (χ1n) is 9.93. The van der Waals surface area contributed by atoms with Crippen molar-refractivity contribution in [3.8, 4) is 0 Å². The van der Waals surface area contributed by atoms with Gasteiger partial charge < -0.3 is 23.2 Å². The van der Waals surface area contributed by atoms with Gasteiger partial charge in [0, 0.05) is 37.3 Å². The standard InChI is InChI=1S/C21H24N4O4S/c1-3-23-8-10-24(11-9-23)20(27)18-7-6-16(29-18)13-25-15(2)14-30-21(25)22-19(26)17-5-4-12-28-17/h4-7,12,14H,3,8-11,13H2,1-2H3. The van der Waals surface area contributed by atoms with Crippen LogP contribution in [0.25, 0.3) is 0 Å². The van der Waals surface area contributed by atoms with Crippen LogP contribution in [-0.2, 0) is 6.54 Å². The van der Waals surface area contributed by atoms with Crippen LogP contribution in [0.2, 0.25) is 0 Å². The van der Waals surface area contributed by atoms with Gasteiger partial charge in [-0.1, -0.05) is 6.92 Å². The Balaban J connectivity index is 1.49. The van der Waals surface area contributed by atoms with E-state index in [-0.39, 0.29) is 11.7 Å². The minimum Gasteiger partial charge on any atom is -0.459 e. The summed E-state index contributed by atoms with van der Waals surface area (Å²) in [5, 5.41) is 1.93. The van der Waals surface area contributed by atoms with Crippen molar-refractivity contribution in [2.24, 2.45) is 4.99 Å². The topological polar surface area (TPSA) is 84.2 Å². The van der Waals surface area contributed by atoms with Crippen LogP contribution in [0.3, 0.4) is 0 Å². The van der Waals surface area contributed by atoms with E-state index < -0.39 is 5.91 Å². The molecule has 1 aliphatic rings. The zero-order chi connectivity index (χ0) is 21.1. The number of carbonyl (C=O) groups excluding carboxylic acids is 2. The molecule has 0 unspecified atom stereocenters. The second-order valence-electron chi connectivity index (χ2n) is 7.13. The molecule has 158 valence electrons. The predicted molar refractivity (Wildman–Crippen MR) is 111 cm³/mol. The fourth-order valence-electron chi connectivity index (χ4n) is 3.39. The van der Waals surface area contributed by atoms with E-state index in [1.165, 1.54) is 17.6 Å². The lowest BCUT2D eigenvalue weighted by molar-refractivity contribution is 0.0610. The highest BCUT2D eigenvalue weighted by Gasteiger charge is 2.23. The van der Waals surface area contributed by atoms with Crippen LogP contribution >= 0.6 is 11.3 Å². The zero-order valence-corrected chi connectivity index (χ0v) is 17.9. The molecule has 4 rings (SSSR count). The summed E-state index contributed by atoms with van der Waals surface area (Å²) < 4.78 is 12.9. The monoisotopic (exact) mass is 428 g/mol. The van der Waals surface area contributed by atoms with Crippen molar-refractivity contribution in [3.05, 3.63) is 63.7 Å². The number of thiazole rings is 1. The normalized spacial score (nSPS) is 15.7. The molecule has 1 fully saturated rings. The van der Waals surface area contributed by atoms with Gasteiger partial charge >= 0.3 is 5.91 Å². The van der Waals surface area contributed by atoms with E-state index in [2.05, 4.69) is 16.8 Å². The van der Waals surface area contributed by atoms with Crippen molar-refractivity contribution in [1.82, 2.24) is 14.4 Å². The summed E-state index contributed by atoms with van der Waals surface area (Å²) >= 11 is 1.37. The van der Waals surface area contributed by atoms with Crippen molar-refractivity contribution in [2.45, 2.75) is 20.4 Å². The Morgan fingerprint density at radius 1 is 1.13 bits per heavy atom. The molecule has 30 heavy (non-hydrogen) atoms. The molecule has 0 radical (unpaired) electrons. The molecule has 0 spiro atoms. The Hall–Kier alpha value is -2.91. The number of rotatable bonds is 5. The number of piperazine rings is 1. The van der Waals surface area contributed by atoms with Gasteiger partial charge in [-0.25, -0.2) is 0 Å². The number of hydrogen-bond acceptors (Lipinski definition) is 6. The van der Waals surface area contributed by atoms with E-state index in [1.807, 2.05) is 21.8 Å². The lowest BCUT2D eigenvalue weighted by Gasteiger charge is -2.33. The number of aryl methyl sites for hydroxylation is 1. The van der Waals surface area contributed by atoms with Crippen LogP contribution in [0.15, 0.2) is 49.7 Å². The quantitative estimate of drug-likeness (QED) is 0.624. The predicted octanol–water partition coefficient (Wildman–Crippen LogP) is 2.61. The lowest BCUT2D eigenvalue weighted by atomic mass is 10.3. The molecule has 4 heterocycles. The van der Waals surface area contributed by atoms with E-state index in [9.17, 15) is 9.59 Å². The fraction of sp³-hybridized carbons (Fsp3) is 0.381. The third-order valence-electron chi connectivity index (χ3n) is 5.21. The molecule has 0 N–H and O–H groups in total. The smallest absolute Gasteiger partial charge is 0.315 e. The van der Waals surface area contributed by atoms with E-state index in [0.29, 0.717) is 36.0 Å². The van der Waals surface area contributed by atoms with Gasteiger partial charge in [-0.05, 0) is 37.7 Å². The minimum atomic E-state index is -0.433. The Labute approximate surface area is 178 Å². The summed E-state index contributed by atoms with van der Waals surface area (Å²) in [7, 11) is 0. The molecule has 8 nitrogen and oxygen atoms in total. The van der Waals surface area contributed by atoms with Gasteiger partial charge in [-0.2, -0.15) is 4.99 Å². The highest BCUT2D eigenvalue weighted by atomic mass is 32.1. The van der Waals surface area contributed by atoms with Crippen LogP contribution in [-0.4, -0.2) is 58.9 Å². The molecule has 0 saturated carbocycles. The number of carbonyl (C=O) groups is 2. The molecule has 1 saturated heterocycles. The molecule has 3 aromatic heterocycles. The van der Waals surface area contributed by atoms with Gasteiger partial charge in [0.2, 0.25) is 0 Å². The Bertz CT molecular complexity index is 1080. The highest BCUT2D eigenvalue weighted by molar-refractivity contribution is 7.07. The van der Waals surface area contributed by atoms with Crippen molar-refractivity contribution in [3.63, 3.8) is 0 Å². The molecular formula is C21H24N4O4S. The van der Waals surface area contributed by atoms with Crippen molar-refractivity contribution in [1.29, 1.82) is 0 Å². The maximum atomic E-state index is 12.8. The highest BCUT2D eigenvalue weighted by Crippen LogP contribution is 2.15. The zero-order valence-electron chi connectivity index (χ0n) is 17.0. The van der Waals surface area contributed by atoms with E-state index >= 15 is 0 Å². The number of aromatic nitrogens is 1. The third kappa shape index (κ3) is 4.31. The van der Waals surface area contributed by atoms with E-state index in [4.69, 9.17) is 8.83 Å². The SMILES string of the molecule is CCN1CCN(C(=O)c2ccc(Cn3c(C)csc3=NC(=O)c3ccco3)o2)CC1. The Morgan fingerprint density at radius 3 is 2.63 bits per heavy atom. The molecular weight excluding hydrogens is 404 g/mol. The van der Waals surface area contributed by atoms with Crippen molar-refractivity contribution in [2.75, 3.05) is 32.7 Å². The van der Waals surface area contributed by atoms with E-state index in [1.54, 1.807) is 24.3 Å². The van der Waals surface area contributed by atoms with Gasteiger partial charge in [0.1, 0.15) is 5.76 Å². The summed E-state index contributed by atoms with van der Waals surface area (Å²) in [6.45, 7) is 8.63. The van der Waals surface area contributed by atoms with Gasteiger partial charge in [0.05, 0.1) is 12.8 Å². The fourth-order valence-corrected chi connectivity index (χ4v) is 4.27. The largest absolute Gasteiger partial charge is 0.459 e. The Morgan fingerprint density at radius 2 is 1.93 bits per heavy atom. The molecule has 2 amide bonds. The lowest BCUT2D eigenvalue weighted by Crippen LogP contribution is -2.48. The van der Waals surface area contributed by atoms with Crippen LogP contribution in [0, 0.1) is 6.92 Å². The summed E-state index contributed by atoms with van der Waals surface area (Å²) in [6, 6.07) is 6.76. The average molecular weight is 429 g/mol. The number of amides is 2. The molecule has 0 aromatic carbocycles. The summed E-state index contributed by atoms with van der Waals surface area (Å²) in [5.41, 5.74) is 0.950. The second-order valence-corrected chi connectivity index (χ2v) is 7.97. The first kappa shape index (κ1) is 20.4. The maximum Gasteiger partial charge on any atom is 0.315 e. The van der Waals surface area contributed by atoms with Gasteiger partial charge in [0.25, 0.3) is 5.91 Å². The van der Waals surface area contributed by atoms with Crippen LogP contribution in [0.4, 0.5) is 0 Å². The molecule has 0 atom stereocenters. The molecule has 0 aliphatic carbocycles. The molecule has 1 aliphatic heterocycles. The minimum absolute atomic E-state index is 0.0815. The van der Waals surface area contributed by atoms with Crippen LogP contribution in [0.5, 0.6) is 0 Å². The molecule has 0 bridgehead atoms. The first-order valence-corrected chi connectivity index (χ1v) is 10.8. The Kier molecular flexibility index (Phi) is 6.01. The molecule has 3 aromatic rings. The number of hydrogen-bond donors (Lipinski definition) is 0.